The van der Waals surface area contributed by atoms with E-state index in [4.69, 9.17) is 5.48 Å². The third kappa shape index (κ3) is 3.31. The Morgan fingerprint density at radius 1 is 0.389 bits per heavy atom. The predicted octanol–water partition coefficient (Wildman–Crippen LogP) is 10.1. The molecular formula is C36H24. The maximum Gasteiger partial charge on any atom is 0.0636 e. The van der Waals surface area contributed by atoms with Crippen LogP contribution in [0.15, 0.2) is 145 Å². The van der Waals surface area contributed by atoms with Crippen LogP contribution in [0.2, 0.25) is 0 Å². The number of rotatable bonds is 3. The smallest absolute Gasteiger partial charge is 0.0622 e. The van der Waals surface area contributed by atoms with E-state index in [2.05, 4.69) is 0 Å². The highest BCUT2D eigenvalue weighted by Crippen LogP contribution is 2.46. The zero-order valence-electron chi connectivity index (χ0n) is 26.3. The summed E-state index contributed by atoms with van der Waals surface area (Å²) in [6.45, 7) is 0. The summed E-state index contributed by atoms with van der Waals surface area (Å²) in [7, 11) is 0. The van der Waals surface area contributed by atoms with Gasteiger partial charge in [0.05, 0.1) is 9.60 Å². The van der Waals surface area contributed by atoms with Gasteiger partial charge < -0.3 is 0 Å². The highest BCUT2D eigenvalue weighted by molar-refractivity contribution is 6.24. The van der Waals surface area contributed by atoms with Crippen LogP contribution in [0.4, 0.5) is 0 Å². The minimum Gasteiger partial charge on any atom is -0.0622 e. The second-order valence-corrected chi connectivity index (χ2v) is 8.76. The molecule has 7 rings (SSSR count). The van der Waals surface area contributed by atoms with Crippen molar-refractivity contribution in [2.24, 2.45) is 0 Å². The lowest BCUT2D eigenvalue weighted by Crippen LogP contribution is -1.92. The largest absolute Gasteiger partial charge is 0.0636 e. The van der Waals surface area contributed by atoms with Gasteiger partial charge in [-0.2, -0.15) is 0 Å². The summed E-state index contributed by atoms with van der Waals surface area (Å²) in [5.41, 5.74) is 3.17. The van der Waals surface area contributed by atoms with Crippen LogP contribution in [0.3, 0.4) is 0 Å². The van der Waals surface area contributed by atoms with Gasteiger partial charge in [-0.25, -0.2) is 0 Å². The molecule has 0 atom stereocenters. The number of hydrogen-bond donors (Lipinski definition) is 0. The van der Waals surface area contributed by atoms with Crippen molar-refractivity contribution in [2.75, 3.05) is 0 Å². The van der Waals surface area contributed by atoms with Gasteiger partial charge in [-0.3, -0.25) is 0 Å². The third-order valence-corrected chi connectivity index (χ3v) is 6.68. The number of benzene rings is 7. The minimum absolute atomic E-state index is 0.0385. The van der Waals surface area contributed by atoms with Crippen LogP contribution in [-0.4, -0.2) is 0 Å². The molecule has 0 heterocycles. The Kier molecular flexibility index (Phi) is 3.47. The zero-order chi connectivity index (χ0) is 30.0. The van der Waals surface area contributed by atoms with Crippen LogP contribution in [-0.2, 0) is 0 Å². The first-order valence-corrected chi connectivity index (χ1v) is 11.9. The molecule has 36 heavy (non-hydrogen) atoms. The molecule has 0 aliphatic rings. The van der Waals surface area contributed by atoms with E-state index in [1.165, 1.54) is 0 Å². The lowest BCUT2D eigenvalue weighted by atomic mass is 9.84. The first-order chi connectivity index (χ1) is 20.8. The van der Waals surface area contributed by atoms with Crippen molar-refractivity contribution in [1.29, 1.82) is 0 Å². The van der Waals surface area contributed by atoms with Crippen LogP contribution < -0.4 is 0 Å². The molecular weight excluding hydrogens is 432 g/mol. The lowest BCUT2D eigenvalue weighted by Gasteiger charge is -2.19. The second kappa shape index (κ2) is 8.52. The molecule has 0 spiro atoms. The molecule has 0 aromatic heterocycles. The van der Waals surface area contributed by atoms with Crippen LogP contribution >= 0.6 is 0 Å². The Morgan fingerprint density at radius 2 is 1.00 bits per heavy atom. The maximum absolute atomic E-state index is 9.67. The monoisotopic (exact) mass is 463 g/mol. The SMILES string of the molecule is [2H]c1c([2H])c([2H])c2c(-c3cccc4ccccc34)c3c([2H])c(-c4ccccc4)c([2H])c([2H])c3c(-c3ccccc3)c2c1[2H]. The normalized spacial score (nSPS) is 14.1. The second-order valence-electron chi connectivity index (χ2n) is 8.76. The van der Waals surface area contributed by atoms with E-state index in [0.717, 1.165) is 10.8 Å². The number of fused-ring (bicyclic) bond motifs is 3. The Labute approximate surface area is 220 Å². The van der Waals surface area contributed by atoms with Gasteiger partial charge in [-0.1, -0.05) is 139 Å². The van der Waals surface area contributed by atoms with Gasteiger partial charge >= 0.3 is 0 Å². The lowest BCUT2D eigenvalue weighted by molar-refractivity contribution is 1.63. The van der Waals surface area contributed by atoms with Crippen molar-refractivity contribution >= 4 is 32.3 Å². The fraction of sp³-hybridized carbons (Fsp3) is 0. The summed E-state index contributed by atoms with van der Waals surface area (Å²) in [5.74, 6) is 0. The van der Waals surface area contributed by atoms with Crippen LogP contribution in [0.25, 0.3) is 65.7 Å². The molecule has 7 aromatic rings. The summed E-state index contributed by atoms with van der Waals surface area (Å²) in [4.78, 5) is 0. The number of hydrogen-bond acceptors (Lipinski definition) is 0. The van der Waals surface area contributed by atoms with Crippen molar-refractivity contribution in [3.8, 4) is 33.4 Å². The Morgan fingerprint density at radius 3 is 1.78 bits per heavy atom. The summed E-state index contributed by atoms with van der Waals surface area (Å²) >= 11 is 0. The van der Waals surface area contributed by atoms with E-state index < -0.39 is 0 Å². The van der Waals surface area contributed by atoms with Gasteiger partial charge in [0, 0.05) is 0 Å². The van der Waals surface area contributed by atoms with E-state index in [9.17, 15) is 4.11 Å². The third-order valence-electron chi connectivity index (χ3n) is 6.68. The van der Waals surface area contributed by atoms with Gasteiger partial charge in [-0.05, 0) is 71.7 Å². The molecule has 0 heteroatoms. The highest BCUT2D eigenvalue weighted by Gasteiger charge is 2.18. The van der Waals surface area contributed by atoms with E-state index in [1.54, 1.807) is 0 Å². The van der Waals surface area contributed by atoms with E-state index in [-0.39, 0.29) is 47.7 Å². The summed E-state index contributed by atoms with van der Waals surface area (Å²) in [6.07, 6.45) is 0. The molecule has 0 aliphatic heterocycles. The summed E-state index contributed by atoms with van der Waals surface area (Å²) in [5, 5.41) is 3.06. The molecule has 0 unspecified atom stereocenters. The van der Waals surface area contributed by atoms with Gasteiger partial charge in [0.25, 0.3) is 0 Å². The van der Waals surface area contributed by atoms with E-state index >= 15 is 0 Å². The van der Waals surface area contributed by atoms with E-state index in [1.807, 2.05) is 103 Å². The standard InChI is InChI=1S/C36H24/c1-3-12-25(13-4-1)28-22-23-33-34(24-28)36(30-21-11-17-26-14-7-8-18-29(26)30)32-20-10-9-19-31(32)35(33)27-15-5-2-6-16-27/h1-24H/i9D,10D,19D,20D,22D,23D,24D. The highest BCUT2D eigenvalue weighted by atomic mass is 14.2. The van der Waals surface area contributed by atoms with Gasteiger partial charge in [0.15, 0.2) is 0 Å². The van der Waals surface area contributed by atoms with Crippen molar-refractivity contribution < 1.29 is 9.60 Å². The van der Waals surface area contributed by atoms with Gasteiger partial charge in [0.1, 0.15) is 0 Å². The minimum atomic E-state index is -0.373. The molecule has 168 valence electrons. The Bertz CT molecular complexity index is 2240. The van der Waals surface area contributed by atoms with Crippen molar-refractivity contribution in [3.05, 3.63) is 145 Å². The summed E-state index contributed by atoms with van der Waals surface area (Å²) < 4.78 is 63.8. The molecule has 0 fully saturated rings. The quantitative estimate of drug-likeness (QED) is 0.229. The average molecular weight is 464 g/mol. The van der Waals surface area contributed by atoms with Crippen molar-refractivity contribution in [1.82, 2.24) is 0 Å². The first kappa shape index (κ1) is 14.7. The zero-order valence-corrected chi connectivity index (χ0v) is 19.3. The average Bonchev–Trinajstić information content (AvgIpc) is 3.04. The molecule has 0 nitrogen and oxygen atoms in total. The first-order valence-electron chi connectivity index (χ1n) is 15.4. The summed E-state index contributed by atoms with van der Waals surface area (Å²) in [6, 6.07) is 30.6. The molecule has 0 aliphatic carbocycles. The Balaban J connectivity index is 1.87. The topological polar surface area (TPSA) is 0 Å². The molecule has 0 saturated heterocycles. The van der Waals surface area contributed by atoms with Gasteiger partial charge in [-0.15, -0.1) is 0 Å². The molecule has 0 N–H and O–H groups in total. The van der Waals surface area contributed by atoms with Crippen molar-refractivity contribution in [2.45, 2.75) is 0 Å². The van der Waals surface area contributed by atoms with Gasteiger partial charge in [0.2, 0.25) is 0 Å². The van der Waals surface area contributed by atoms with Crippen LogP contribution in [0, 0.1) is 0 Å². The predicted molar refractivity (Wildman–Crippen MR) is 155 cm³/mol. The molecule has 0 radical (unpaired) electrons. The molecule has 0 saturated carbocycles. The molecule has 0 bridgehead atoms. The molecule has 0 amide bonds. The fourth-order valence-electron chi connectivity index (χ4n) is 5.07. The van der Waals surface area contributed by atoms with E-state index in [0.29, 0.717) is 49.5 Å². The fourth-order valence-corrected chi connectivity index (χ4v) is 5.07. The Hall–Kier alpha value is -4.68. The maximum atomic E-state index is 9.67. The van der Waals surface area contributed by atoms with Crippen molar-refractivity contribution in [3.63, 3.8) is 0 Å². The van der Waals surface area contributed by atoms with Crippen LogP contribution in [0.1, 0.15) is 9.60 Å². The molecule has 7 aromatic carbocycles. The van der Waals surface area contributed by atoms with Crippen LogP contribution in [0.5, 0.6) is 0 Å².